The Balaban J connectivity index is 1.60. The van der Waals surface area contributed by atoms with Crippen molar-refractivity contribution in [1.82, 2.24) is 9.80 Å². The molecule has 3 aliphatic rings. The monoisotopic (exact) mass is 222 g/mol. The zero-order valence-electron chi connectivity index (χ0n) is 10.9. The Bertz CT molecular complexity index is 261. The van der Waals surface area contributed by atoms with E-state index < -0.39 is 0 Å². The maximum absolute atomic E-state index is 2.81. The van der Waals surface area contributed by atoms with Gasteiger partial charge in [0.1, 0.15) is 0 Å². The van der Waals surface area contributed by atoms with Crippen molar-refractivity contribution in [2.75, 3.05) is 26.2 Å². The molecule has 92 valence electrons. The van der Waals surface area contributed by atoms with Gasteiger partial charge in [-0.1, -0.05) is 13.8 Å². The standard InChI is InChI=1S/C14H26N2/c1-14(2)6-5-12(10-14)16-9-8-15-7-3-4-13(15)11-16/h12-13H,3-11H2,1-2H3. The first-order valence-electron chi connectivity index (χ1n) is 7.12. The highest BCUT2D eigenvalue weighted by Gasteiger charge is 2.38. The average Bonchev–Trinajstić information content (AvgIpc) is 2.82. The van der Waals surface area contributed by atoms with Crippen LogP contribution in [0, 0.1) is 5.41 Å². The van der Waals surface area contributed by atoms with Gasteiger partial charge in [-0.15, -0.1) is 0 Å². The molecule has 1 aliphatic carbocycles. The first-order chi connectivity index (χ1) is 7.64. The minimum atomic E-state index is 0.609. The van der Waals surface area contributed by atoms with E-state index in [9.17, 15) is 0 Å². The second-order valence-electron chi connectivity index (χ2n) is 6.89. The van der Waals surface area contributed by atoms with Gasteiger partial charge in [-0.05, 0) is 44.1 Å². The molecule has 1 saturated carbocycles. The van der Waals surface area contributed by atoms with Gasteiger partial charge in [0.2, 0.25) is 0 Å². The van der Waals surface area contributed by atoms with Crippen LogP contribution < -0.4 is 0 Å². The molecule has 2 nitrogen and oxygen atoms in total. The number of piperazine rings is 1. The van der Waals surface area contributed by atoms with Gasteiger partial charge in [0, 0.05) is 31.7 Å². The van der Waals surface area contributed by atoms with E-state index in [4.69, 9.17) is 0 Å². The Morgan fingerprint density at radius 2 is 1.75 bits per heavy atom. The van der Waals surface area contributed by atoms with Gasteiger partial charge in [-0.3, -0.25) is 9.80 Å². The van der Waals surface area contributed by atoms with Crippen LogP contribution in [0.2, 0.25) is 0 Å². The van der Waals surface area contributed by atoms with Gasteiger partial charge >= 0.3 is 0 Å². The lowest BCUT2D eigenvalue weighted by Crippen LogP contribution is -2.53. The van der Waals surface area contributed by atoms with Crippen LogP contribution in [0.15, 0.2) is 0 Å². The maximum atomic E-state index is 2.81. The fourth-order valence-electron chi connectivity index (χ4n) is 4.06. The summed E-state index contributed by atoms with van der Waals surface area (Å²) in [5, 5.41) is 0. The molecule has 2 aliphatic heterocycles. The zero-order valence-corrected chi connectivity index (χ0v) is 10.9. The highest BCUT2D eigenvalue weighted by molar-refractivity contribution is 4.93. The van der Waals surface area contributed by atoms with E-state index in [0.29, 0.717) is 5.41 Å². The van der Waals surface area contributed by atoms with Crippen LogP contribution in [0.1, 0.15) is 46.0 Å². The minimum Gasteiger partial charge on any atom is -0.298 e. The van der Waals surface area contributed by atoms with Crippen molar-refractivity contribution in [2.45, 2.75) is 58.0 Å². The summed E-state index contributed by atoms with van der Waals surface area (Å²) in [5.41, 5.74) is 0.609. The van der Waals surface area contributed by atoms with Crippen molar-refractivity contribution in [1.29, 1.82) is 0 Å². The Morgan fingerprint density at radius 3 is 2.50 bits per heavy atom. The molecule has 2 heterocycles. The normalized spacial score (nSPS) is 40.1. The van der Waals surface area contributed by atoms with Crippen molar-refractivity contribution < 1.29 is 0 Å². The number of nitrogens with zero attached hydrogens (tertiary/aromatic N) is 2. The second-order valence-corrected chi connectivity index (χ2v) is 6.89. The molecule has 3 fully saturated rings. The van der Waals surface area contributed by atoms with Crippen molar-refractivity contribution in [3.05, 3.63) is 0 Å². The highest BCUT2D eigenvalue weighted by atomic mass is 15.3. The summed E-state index contributed by atoms with van der Waals surface area (Å²) in [5.74, 6) is 0. The third-order valence-electron chi connectivity index (χ3n) is 5.08. The molecule has 2 heteroatoms. The smallest absolute Gasteiger partial charge is 0.0224 e. The fraction of sp³-hybridized carbons (Fsp3) is 1.00. The van der Waals surface area contributed by atoms with Crippen LogP contribution in [0.4, 0.5) is 0 Å². The molecule has 2 atom stereocenters. The van der Waals surface area contributed by atoms with E-state index in [1.54, 1.807) is 0 Å². The molecule has 2 saturated heterocycles. The van der Waals surface area contributed by atoms with E-state index in [-0.39, 0.29) is 0 Å². The Hall–Kier alpha value is -0.0800. The van der Waals surface area contributed by atoms with Crippen LogP contribution in [0.3, 0.4) is 0 Å². The Morgan fingerprint density at radius 1 is 0.938 bits per heavy atom. The van der Waals surface area contributed by atoms with Gasteiger partial charge in [0.15, 0.2) is 0 Å². The van der Waals surface area contributed by atoms with E-state index >= 15 is 0 Å². The Labute approximate surface area is 100.0 Å². The van der Waals surface area contributed by atoms with E-state index in [0.717, 1.165) is 12.1 Å². The number of fused-ring (bicyclic) bond motifs is 1. The molecule has 0 radical (unpaired) electrons. The molecule has 0 amide bonds. The average molecular weight is 222 g/mol. The zero-order chi connectivity index (χ0) is 11.2. The lowest BCUT2D eigenvalue weighted by atomic mass is 9.91. The first-order valence-corrected chi connectivity index (χ1v) is 7.12. The second kappa shape index (κ2) is 3.99. The molecule has 0 aromatic carbocycles. The van der Waals surface area contributed by atoms with Crippen LogP contribution in [0.25, 0.3) is 0 Å². The molecule has 16 heavy (non-hydrogen) atoms. The lowest BCUT2D eigenvalue weighted by Gasteiger charge is -2.41. The van der Waals surface area contributed by atoms with Crippen LogP contribution in [-0.2, 0) is 0 Å². The van der Waals surface area contributed by atoms with Crippen molar-refractivity contribution >= 4 is 0 Å². The summed E-state index contributed by atoms with van der Waals surface area (Å²) < 4.78 is 0. The van der Waals surface area contributed by atoms with Gasteiger partial charge in [0.05, 0.1) is 0 Å². The quantitative estimate of drug-likeness (QED) is 0.672. The van der Waals surface area contributed by atoms with Crippen molar-refractivity contribution in [2.24, 2.45) is 5.41 Å². The molecule has 0 bridgehead atoms. The SMILES string of the molecule is CC1(C)CCC(N2CCN3CCCC3C2)C1. The molecular weight excluding hydrogens is 196 g/mol. The summed E-state index contributed by atoms with van der Waals surface area (Å²) in [4.78, 5) is 5.53. The molecule has 0 aromatic heterocycles. The molecular formula is C14H26N2. The summed E-state index contributed by atoms with van der Waals surface area (Å²) >= 11 is 0. The van der Waals surface area contributed by atoms with Crippen LogP contribution in [0.5, 0.6) is 0 Å². The van der Waals surface area contributed by atoms with E-state index in [1.165, 1.54) is 58.3 Å². The number of hydrogen-bond acceptors (Lipinski definition) is 2. The molecule has 2 unspecified atom stereocenters. The molecule has 0 aromatic rings. The molecule has 0 spiro atoms. The lowest BCUT2D eigenvalue weighted by molar-refractivity contribution is 0.0699. The van der Waals surface area contributed by atoms with E-state index in [2.05, 4.69) is 23.6 Å². The van der Waals surface area contributed by atoms with Crippen LogP contribution >= 0.6 is 0 Å². The minimum absolute atomic E-state index is 0.609. The summed E-state index contributed by atoms with van der Waals surface area (Å²) in [6.45, 7) is 10.3. The third kappa shape index (κ3) is 2.02. The highest BCUT2D eigenvalue weighted by Crippen LogP contribution is 2.40. The number of hydrogen-bond donors (Lipinski definition) is 0. The van der Waals surface area contributed by atoms with E-state index in [1.807, 2.05) is 0 Å². The fourth-order valence-corrected chi connectivity index (χ4v) is 4.06. The Kier molecular flexibility index (Phi) is 2.75. The van der Waals surface area contributed by atoms with Gasteiger partial charge < -0.3 is 0 Å². The molecule has 0 N–H and O–H groups in total. The first kappa shape index (κ1) is 11.0. The number of rotatable bonds is 1. The van der Waals surface area contributed by atoms with Crippen LogP contribution in [-0.4, -0.2) is 48.1 Å². The summed E-state index contributed by atoms with van der Waals surface area (Å²) in [7, 11) is 0. The largest absolute Gasteiger partial charge is 0.298 e. The predicted molar refractivity (Wildman–Crippen MR) is 67.6 cm³/mol. The third-order valence-corrected chi connectivity index (χ3v) is 5.08. The maximum Gasteiger partial charge on any atom is 0.0224 e. The van der Waals surface area contributed by atoms with Gasteiger partial charge in [-0.2, -0.15) is 0 Å². The topological polar surface area (TPSA) is 6.48 Å². The summed E-state index contributed by atoms with van der Waals surface area (Å²) in [6, 6.07) is 1.80. The van der Waals surface area contributed by atoms with Gasteiger partial charge in [0.25, 0.3) is 0 Å². The van der Waals surface area contributed by atoms with Crippen molar-refractivity contribution in [3.63, 3.8) is 0 Å². The van der Waals surface area contributed by atoms with Gasteiger partial charge in [-0.25, -0.2) is 0 Å². The summed E-state index contributed by atoms with van der Waals surface area (Å²) in [6.07, 6.45) is 7.20. The molecule has 3 rings (SSSR count). The van der Waals surface area contributed by atoms with Crippen molar-refractivity contribution in [3.8, 4) is 0 Å². The predicted octanol–water partition coefficient (Wildman–Crippen LogP) is 2.35.